The second-order valence-corrected chi connectivity index (χ2v) is 4.39. The van der Waals surface area contributed by atoms with Crippen LogP contribution in [0.25, 0.3) is 0 Å². The quantitative estimate of drug-likeness (QED) is 0.783. The normalized spacial score (nSPS) is 22.7. The Morgan fingerprint density at radius 2 is 2.06 bits per heavy atom. The number of aromatic nitrogens is 2. The summed E-state index contributed by atoms with van der Waals surface area (Å²) in [5.41, 5.74) is 0.584. The molecule has 0 radical (unpaired) electrons. The highest BCUT2D eigenvalue weighted by Crippen LogP contribution is 2.27. The van der Waals surface area contributed by atoms with E-state index in [1.807, 2.05) is 12.2 Å². The highest BCUT2D eigenvalue weighted by atomic mass is 16.4. The molecule has 96 valence electrons. The molecule has 0 bridgehead atoms. The fourth-order valence-corrected chi connectivity index (χ4v) is 2.10. The number of rotatable bonds is 3. The number of aryl methyl sites for hydroxylation is 1. The average molecular weight is 249 g/mol. The number of carbonyl (C=O) groups excluding carboxylic acids is 1. The van der Waals surface area contributed by atoms with Crippen molar-refractivity contribution in [2.75, 3.05) is 5.32 Å². The lowest BCUT2D eigenvalue weighted by atomic mass is 9.82. The fraction of sp³-hybridized carbons (Fsp3) is 0.417. The van der Waals surface area contributed by atoms with Crippen LogP contribution in [0.2, 0.25) is 0 Å². The van der Waals surface area contributed by atoms with Crippen LogP contribution in [0.3, 0.4) is 0 Å². The smallest absolute Gasteiger partial charge is 0.307 e. The number of nitrogens with one attached hydrogen (secondary N) is 1. The zero-order valence-electron chi connectivity index (χ0n) is 10.0. The molecule has 0 saturated carbocycles. The molecule has 1 amide bonds. The van der Waals surface area contributed by atoms with Crippen molar-refractivity contribution in [3.05, 3.63) is 24.5 Å². The van der Waals surface area contributed by atoms with Crippen LogP contribution >= 0.6 is 0 Å². The Kier molecular flexibility index (Phi) is 3.45. The molecule has 6 heteroatoms. The molecule has 0 saturated heterocycles. The number of amides is 1. The van der Waals surface area contributed by atoms with Crippen LogP contribution < -0.4 is 5.32 Å². The lowest BCUT2D eigenvalue weighted by Crippen LogP contribution is -2.34. The molecular formula is C12H15N3O3. The first-order valence-electron chi connectivity index (χ1n) is 5.75. The summed E-state index contributed by atoms with van der Waals surface area (Å²) in [6.45, 7) is 0. The number of carbonyl (C=O) groups is 2. The summed E-state index contributed by atoms with van der Waals surface area (Å²) in [4.78, 5) is 23.1. The highest BCUT2D eigenvalue weighted by Gasteiger charge is 2.33. The molecule has 2 unspecified atom stereocenters. The van der Waals surface area contributed by atoms with Gasteiger partial charge in [-0.05, 0) is 12.8 Å². The van der Waals surface area contributed by atoms with Crippen LogP contribution in [-0.2, 0) is 16.6 Å². The maximum atomic E-state index is 12.0. The monoisotopic (exact) mass is 249 g/mol. The molecule has 1 aromatic heterocycles. The van der Waals surface area contributed by atoms with Gasteiger partial charge in [0.25, 0.3) is 0 Å². The van der Waals surface area contributed by atoms with Gasteiger partial charge in [0.2, 0.25) is 5.91 Å². The number of carboxylic acids is 1. The van der Waals surface area contributed by atoms with Gasteiger partial charge in [-0.1, -0.05) is 12.2 Å². The van der Waals surface area contributed by atoms with Gasteiger partial charge in [-0.3, -0.25) is 14.3 Å². The van der Waals surface area contributed by atoms with Crippen molar-refractivity contribution in [2.24, 2.45) is 18.9 Å². The van der Waals surface area contributed by atoms with Gasteiger partial charge in [-0.25, -0.2) is 0 Å². The minimum absolute atomic E-state index is 0.264. The van der Waals surface area contributed by atoms with Crippen molar-refractivity contribution in [1.29, 1.82) is 0 Å². The van der Waals surface area contributed by atoms with E-state index in [9.17, 15) is 9.59 Å². The Hall–Kier alpha value is -2.11. The summed E-state index contributed by atoms with van der Waals surface area (Å²) in [5.74, 6) is -2.36. The number of aliphatic carboxylic acids is 1. The third kappa shape index (κ3) is 2.58. The van der Waals surface area contributed by atoms with Crippen molar-refractivity contribution in [3.8, 4) is 0 Å². The van der Waals surface area contributed by atoms with E-state index < -0.39 is 17.8 Å². The Balaban J connectivity index is 2.07. The van der Waals surface area contributed by atoms with Gasteiger partial charge in [-0.2, -0.15) is 5.10 Å². The molecule has 18 heavy (non-hydrogen) atoms. The number of hydrogen-bond acceptors (Lipinski definition) is 3. The topological polar surface area (TPSA) is 84.2 Å². The van der Waals surface area contributed by atoms with E-state index in [4.69, 9.17) is 5.11 Å². The van der Waals surface area contributed by atoms with Gasteiger partial charge in [-0.15, -0.1) is 0 Å². The summed E-state index contributed by atoms with van der Waals surface area (Å²) < 4.78 is 1.57. The summed E-state index contributed by atoms with van der Waals surface area (Å²) in [5, 5.41) is 15.7. The van der Waals surface area contributed by atoms with Crippen LogP contribution in [0.4, 0.5) is 5.69 Å². The lowest BCUT2D eigenvalue weighted by molar-refractivity contribution is -0.146. The maximum Gasteiger partial charge on any atom is 0.307 e. The summed E-state index contributed by atoms with van der Waals surface area (Å²) >= 11 is 0. The largest absolute Gasteiger partial charge is 0.481 e. The number of allylic oxidation sites excluding steroid dienone is 2. The Labute approximate surface area is 104 Å². The van der Waals surface area contributed by atoms with Crippen molar-refractivity contribution in [2.45, 2.75) is 12.8 Å². The lowest BCUT2D eigenvalue weighted by Gasteiger charge is -2.23. The molecule has 0 fully saturated rings. The third-order valence-corrected chi connectivity index (χ3v) is 3.06. The molecular weight excluding hydrogens is 234 g/mol. The first-order valence-corrected chi connectivity index (χ1v) is 5.75. The van der Waals surface area contributed by atoms with E-state index in [0.29, 0.717) is 18.5 Å². The SMILES string of the molecule is Cn1cc(NC(=O)C2CC=CCC2C(=O)O)cn1. The van der Waals surface area contributed by atoms with Crippen LogP contribution in [0.1, 0.15) is 12.8 Å². The summed E-state index contributed by atoms with van der Waals surface area (Å²) in [7, 11) is 1.75. The zero-order chi connectivity index (χ0) is 13.1. The zero-order valence-corrected chi connectivity index (χ0v) is 10.0. The average Bonchev–Trinajstić information content (AvgIpc) is 2.74. The van der Waals surface area contributed by atoms with E-state index in [1.165, 1.54) is 6.20 Å². The minimum atomic E-state index is -0.925. The van der Waals surface area contributed by atoms with Gasteiger partial charge < -0.3 is 10.4 Å². The van der Waals surface area contributed by atoms with Gasteiger partial charge >= 0.3 is 5.97 Å². The molecule has 0 aromatic carbocycles. The Morgan fingerprint density at radius 3 is 2.61 bits per heavy atom. The van der Waals surface area contributed by atoms with Gasteiger partial charge in [0.1, 0.15) is 0 Å². The van der Waals surface area contributed by atoms with E-state index >= 15 is 0 Å². The van der Waals surface area contributed by atoms with E-state index in [1.54, 1.807) is 17.9 Å². The number of nitrogens with zero attached hydrogens (tertiary/aromatic N) is 2. The Morgan fingerprint density at radius 1 is 1.39 bits per heavy atom. The van der Waals surface area contributed by atoms with Gasteiger partial charge in [0.05, 0.1) is 23.7 Å². The molecule has 6 nitrogen and oxygen atoms in total. The standard InChI is InChI=1S/C12H15N3O3/c1-15-7-8(6-13-15)14-11(16)9-4-2-3-5-10(9)12(17)18/h2-3,6-7,9-10H,4-5H2,1H3,(H,14,16)(H,17,18). The first kappa shape index (κ1) is 12.3. The summed E-state index contributed by atoms with van der Waals surface area (Å²) in [6, 6.07) is 0. The second-order valence-electron chi connectivity index (χ2n) is 4.39. The van der Waals surface area contributed by atoms with Gasteiger partial charge in [0, 0.05) is 13.2 Å². The molecule has 1 aliphatic carbocycles. The fourth-order valence-electron chi connectivity index (χ4n) is 2.10. The van der Waals surface area contributed by atoms with Crippen LogP contribution in [0, 0.1) is 11.8 Å². The molecule has 1 aromatic rings. The van der Waals surface area contributed by atoms with Crippen LogP contribution in [-0.4, -0.2) is 26.8 Å². The maximum absolute atomic E-state index is 12.0. The minimum Gasteiger partial charge on any atom is -0.481 e. The predicted molar refractivity (Wildman–Crippen MR) is 64.8 cm³/mol. The molecule has 0 spiro atoms. The van der Waals surface area contributed by atoms with Crippen molar-refractivity contribution in [3.63, 3.8) is 0 Å². The van der Waals surface area contributed by atoms with Crippen LogP contribution in [0.15, 0.2) is 24.5 Å². The molecule has 1 aliphatic rings. The van der Waals surface area contributed by atoms with E-state index in [-0.39, 0.29) is 5.91 Å². The number of anilines is 1. The molecule has 2 rings (SSSR count). The second kappa shape index (κ2) is 5.03. The third-order valence-electron chi connectivity index (χ3n) is 3.06. The Bertz CT molecular complexity index is 493. The highest BCUT2D eigenvalue weighted by molar-refractivity contribution is 5.95. The van der Waals surface area contributed by atoms with Crippen molar-refractivity contribution < 1.29 is 14.7 Å². The summed E-state index contributed by atoms with van der Waals surface area (Å²) in [6.07, 6.45) is 7.74. The van der Waals surface area contributed by atoms with Crippen LogP contribution in [0.5, 0.6) is 0 Å². The first-order chi connectivity index (χ1) is 8.58. The number of carboxylic acid groups (broad SMARTS) is 1. The molecule has 1 heterocycles. The molecule has 0 aliphatic heterocycles. The predicted octanol–water partition coefficient (Wildman–Crippen LogP) is 1.03. The van der Waals surface area contributed by atoms with E-state index in [0.717, 1.165) is 0 Å². The number of hydrogen-bond donors (Lipinski definition) is 2. The van der Waals surface area contributed by atoms with Crippen molar-refractivity contribution >= 4 is 17.6 Å². The van der Waals surface area contributed by atoms with Gasteiger partial charge in [0.15, 0.2) is 0 Å². The molecule has 2 N–H and O–H groups in total. The van der Waals surface area contributed by atoms with E-state index in [2.05, 4.69) is 10.4 Å². The van der Waals surface area contributed by atoms with Crippen molar-refractivity contribution in [1.82, 2.24) is 9.78 Å². The molecule has 2 atom stereocenters.